The predicted molar refractivity (Wildman–Crippen MR) is 58.8 cm³/mol. The number of hydrogen-bond donors (Lipinski definition) is 0. The van der Waals surface area contributed by atoms with Crippen LogP contribution >= 0.6 is 0 Å². The summed E-state index contributed by atoms with van der Waals surface area (Å²) < 4.78 is 5.89. The monoisotopic (exact) mass is 307 g/mol. The Bertz CT molecular complexity index is 263. The minimum absolute atomic E-state index is 0.631. The molecule has 0 radical (unpaired) electrons. The average Bonchev–Trinajstić information content (AvgIpc) is 2.57. The van der Waals surface area contributed by atoms with Gasteiger partial charge in [-0.3, -0.25) is 0 Å². The fourth-order valence-electron chi connectivity index (χ4n) is 1.22. The van der Waals surface area contributed by atoms with Gasteiger partial charge in [-0.1, -0.05) is 0 Å². The number of fused-ring (bicyclic) bond motifs is 1. The molecule has 0 aromatic heterocycles. The molecule has 2 rings (SSSR count). The van der Waals surface area contributed by atoms with E-state index >= 15 is 0 Å². The van der Waals surface area contributed by atoms with Gasteiger partial charge in [0.2, 0.25) is 0 Å². The molecular weight excluding hydrogens is 292 g/mol. The van der Waals surface area contributed by atoms with E-state index in [0.29, 0.717) is 30.3 Å². The van der Waals surface area contributed by atoms with Gasteiger partial charge in [0.1, 0.15) is 0 Å². The van der Waals surface area contributed by atoms with Crippen LogP contribution < -0.4 is 8.92 Å². The van der Waals surface area contributed by atoms with E-state index in [0.717, 1.165) is 0 Å². The molecule has 0 spiro atoms. The van der Waals surface area contributed by atoms with Gasteiger partial charge in [-0.2, -0.15) is 0 Å². The molecule has 0 amide bonds. The molecule has 0 atom stereocenters. The van der Waals surface area contributed by atoms with Gasteiger partial charge in [0.05, 0.1) is 0 Å². The Hall–Kier alpha value is 0.219. The van der Waals surface area contributed by atoms with Gasteiger partial charge in [0.25, 0.3) is 0 Å². The van der Waals surface area contributed by atoms with Crippen molar-refractivity contribution in [1.29, 1.82) is 0 Å². The van der Waals surface area contributed by atoms with Gasteiger partial charge < -0.3 is 0 Å². The molecule has 0 bridgehead atoms. The molecule has 1 aliphatic heterocycles. The molecule has 13 heavy (non-hydrogen) atoms. The van der Waals surface area contributed by atoms with Crippen LogP contribution in [0.2, 0.25) is 0 Å². The summed E-state index contributed by atoms with van der Waals surface area (Å²) in [5.74, 6) is 0. The Morgan fingerprint density at radius 3 is 2.31 bits per heavy atom. The molecule has 1 heterocycles. The zero-order chi connectivity index (χ0) is 9.10. The van der Waals surface area contributed by atoms with Crippen molar-refractivity contribution in [1.82, 2.24) is 2.93 Å². The summed E-state index contributed by atoms with van der Waals surface area (Å²) in [4.78, 5) is 0. The van der Waals surface area contributed by atoms with Gasteiger partial charge in [-0.05, 0) is 0 Å². The van der Waals surface area contributed by atoms with Crippen molar-refractivity contribution in [3.8, 4) is 0 Å². The number of rotatable bonds is 3. The number of hydrogen-bond acceptors (Lipinski definition) is 1. The van der Waals surface area contributed by atoms with Crippen LogP contribution in [0.5, 0.6) is 0 Å². The van der Waals surface area contributed by atoms with Crippen LogP contribution in [0.3, 0.4) is 0 Å². The van der Waals surface area contributed by atoms with Gasteiger partial charge in [0.15, 0.2) is 0 Å². The van der Waals surface area contributed by atoms with E-state index in [1.54, 1.807) is 8.92 Å². The second kappa shape index (κ2) is 4.63. The van der Waals surface area contributed by atoms with E-state index in [4.69, 9.17) is 0 Å². The van der Waals surface area contributed by atoms with Gasteiger partial charge in [0, 0.05) is 0 Å². The van der Waals surface area contributed by atoms with Crippen molar-refractivity contribution in [2.24, 2.45) is 0 Å². The minimum atomic E-state index is 0.631. The molecule has 0 saturated carbocycles. The molecule has 0 aliphatic carbocycles. The molecule has 0 N–H and O–H groups in total. The Labute approximate surface area is 92.6 Å². The van der Waals surface area contributed by atoms with Crippen molar-refractivity contribution >= 4 is 39.3 Å². The van der Waals surface area contributed by atoms with Crippen molar-refractivity contribution in [3.63, 3.8) is 0 Å². The summed E-state index contributed by atoms with van der Waals surface area (Å²) in [5.41, 5.74) is 0. The maximum absolute atomic E-state index is 2.66. The Morgan fingerprint density at radius 1 is 1.15 bits per heavy atom. The Morgan fingerprint density at radius 2 is 1.77 bits per heavy atom. The van der Waals surface area contributed by atoms with Gasteiger partial charge >= 0.3 is 92.8 Å². The van der Waals surface area contributed by atoms with Crippen molar-refractivity contribution in [2.45, 2.75) is 19.8 Å². The summed E-state index contributed by atoms with van der Waals surface area (Å²) in [6, 6.07) is 8.92. The zero-order valence-corrected chi connectivity index (χ0v) is 11.1. The first kappa shape index (κ1) is 9.76. The summed E-state index contributed by atoms with van der Waals surface area (Å²) >= 11 is 1.26. The third kappa shape index (κ3) is 2.37. The number of unbranched alkanes of at least 4 members (excludes halogenated alkanes) is 1. The Balaban J connectivity index is 1.97. The van der Waals surface area contributed by atoms with Crippen LogP contribution in [-0.2, 0) is 0 Å². The normalized spacial score (nSPS) is 16.1. The summed E-state index contributed by atoms with van der Waals surface area (Å²) in [7, 11) is 0. The fraction of sp³-hybridized carbons (Fsp3) is 0.400. The number of nitrogens with zero attached hydrogens (tertiary/aromatic N) is 1. The predicted octanol–water partition coefficient (Wildman–Crippen LogP) is 0.291. The van der Waals surface area contributed by atoms with Crippen LogP contribution in [0.4, 0.5) is 0 Å². The van der Waals surface area contributed by atoms with Crippen LogP contribution in [0.25, 0.3) is 0 Å². The van der Waals surface area contributed by atoms with E-state index in [-0.39, 0.29) is 0 Å². The third-order valence-electron chi connectivity index (χ3n) is 1.94. The standard InChI is InChI=1S/C10H13NSe2/c1-2-3-8-11-12-9-6-4-5-7-10(9)13-11/h4-7H,2-3,8H2,1H3. The Kier molecular flexibility index (Phi) is 3.48. The molecule has 1 aromatic carbocycles. The van der Waals surface area contributed by atoms with Crippen LogP contribution in [-0.4, -0.2) is 39.8 Å². The average molecular weight is 305 g/mol. The third-order valence-corrected chi connectivity index (χ3v) is 8.16. The molecule has 0 fully saturated rings. The molecular formula is C10H13NSe2. The zero-order valence-electron chi connectivity index (χ0n) is 7.69. The van der Waals surface area contributed by atoms with Crippen LogP contribution in [0, 0.1) is 0 Å². The molecule has 3 heteroatoms. The van der Waals surface area contributed by atoms with Crippen molar-refractivity contribution in [3.05, 3.63) is 24.3 Å². The van der Waals surface area contributed by atoms with Gasteiger partial charge in [-0.25, -0.2) is 0 Å². The summed E-state index contributed by atoms with van der Waals surface area (Å²) in [5, 5.41) is 0. The van der Waals surface area contributed by atoms with Crippen molar-refractivity contribution in [2.75, 3.05) is 6.54 Å². The molecule has 0 unspecified atom stereocenters. The fourth-order valence-corrected chi connectivity index (χ4v) is 7.36. The first-order valence-corrected chi connectivity index (χ1v) is 7.87. The molecule has 0 saturated heterocycles. The first-order valence-electron chi connectivity index (χ1n) is 4.62. The quantitative estimate of drug-likeness (QED) is 0.726. The molecule has 70 valence electrons. The topological polar surface area (TPSA) is 3.24 Å². The van der Waals surface area contributed by atoms with Crippen LogP contribution in [0.1, 0.15) is 19.8 Å². The second-order valence-corrected chi connectivity index (χ2v) is 8.67. The molecule has 1 aromatic rings. The second-order valence-electron chi connectivity index (χ2n) is 3.04. The van der Waals surface area contributed by atoms with Crippen molar-refractivity contribution < 1.29 is 0 Å². The molecule has 1 nitrogen and oxygen atoms in total. The van der Waals surface area contributed by atoms with E-state index in [2.05, 4.69) is 34.1 Å². The maximum atomic E-state index is 2.66. The first-order chi connectivity index (χ1) is 6.40. The SMILES string of the molecule is CCCCN1[Se]c2ccccc2[Se]1. The van der Waals surface area contributed by atoms with Gasteiger partial charge in [-0.15, -0.1) is 0 Å². The molecule has 1 aliphatic rings. The number of benzene rings is 1. The van der Waals surface area contributed by atoms with E-state index in [1.807, 2.05) is 0 Å². The summed E-state index contributed by atoms with van der Waals surface area (Å²) in [6.07, 6.45) is 2.68. The van der Waals surface area contributed by atoms with E-state index in [1.165, 1.54) is 19.4 Å². The van der Waals surface area contributed by atoms with E-state index in [9.17, 15) is 0 Å². The summed E-state index contributed by atoms with van der Waals surface area (Å²) in [6.45, 7) is 3.58. The van der Waals surface area contributed by atoms with Crippen LogP contribution in [0.15, 0.2) is 24.3 Å². The van der Waals surface area contributed by atoms with E-state index < -0.39 is 0 Å².